The van der Waals surface area contributed by atoms with Crippen molar-refractivity contribution in [3.8, 4) is 0 Å². The van der Waals surface area contributed by atoms with Crippen molar-refractivity contribution >= 4 is 22.7 Å². The monoisotopic (exact) mass is 261 g/mol. The van der Waals surface area contributed by atoms with Gasteiger partial charge in [-0.2, -0.15) is 0 Å². The molecular weight excluding hydrogens is 246 g/mol. The summed E-state index contributed by atoms with van der Waals surface area (Å²) in [5.74, 6) is -0.173. The van der Waals surface area contributed by atoms with E-state index in [2.05, 4.69) is 10.5 Å². The van der Waals surface area contributed by atoms with E-state index in [9.17, 15) is 4.79 Å². The van der Waals surface area contributed by atoms with E-state index in [0.717, 1.165) is 5.39 Å². The Labute approximate surface area is 109 Å². The molecule has 1 heterocycles. The maximum absolute atomic E-state index is 12.1. The fourth-order valence-corrected chi connectivity index (χ4v) is 1.86. The van der Waals surface area contributed by atoms with E-state index in [1.54, 1.807) is 13.0 Å². The van der Waals surface area contributed by atoms with Gasteiger partial charge in [0.25, 0.3) is 5.91 Å². The van der Waals surface area contributed by atoms with Crippen LogP contribution in [0.15, 0.2) is 40.1 Å². The first-order chi connectivity index (χ1) is 9.11. The van der Waals surface area contributed by atoms with Gasteiger partial charge in [0.15, 0.2) is 0 Å². The highest BCUT2D eigenvalue weighted by Crippen LogP contribution is 2.20. The number of hydrogen-bond donors (Lipinski definition) is 3. The Hall–Kier alpha value is -2.50. The highest BCUT2D eigenvalue weighted by Gasteiger charge is 2.16. The van der Waals surface area contributed by atoms with E-state index in [4.69, 9.17) is 15.4 Å². The van der Waals surface area contributed by atoms with Crippen LogP contribution in [0.4, 0.5) is 0 Å². The number of amidine groups is 1. The lowest BCUT2D eigenvalue weighted by Gasteiger charge is -2.12. The molecule has 0 aliphatic carbocycles. The maximum atomic E-state index is 12.1. The fraction of sp³-hybridized carbons (Fsp3) is 0.231. The van der Waals surface area contributed by atoms with Gasteiger partial charge < -0.3 is 20.7 Å². The summed E-state index contributed by atoms with van der Waals surface area (Å²) >= 11 is 0. The number of carbonyl (C=O) groups excluding carboxylic acids is 1. The van der Waals surface area contributed by atoms with Gasteiger partial charge >= 0.3 is 0 Å². The molecule has 0 spiro atoms. The molecule has 1 unspecified atom stereocenters. The summed E-state index contributed by atoms with van der Waals surface area (Å²) in [6.07, 6.45) is 1.70. The molecule has 19 heavy (non-hydrogen) atoms. The van der Waals surface area contributed by atoms with Crippen LogP contribution >= 0.6 is 0 Å². The van der Waals surface area contributed by atoms with Gasteiger partial charge in [0, 0.05) is 17.8 Å². The Morgan fingerprint density at radius 2 is 2.26 bits per heavy atom. The molecule has 100 valence electrons. The molecule has 0 bridgehead atoms. The number of amides is 1. The van der Waals surface area contributed by atoms with Crippen molar-refractivity contribution in [1.82, 2.24) is 5.32 Å². The van der Waals surface area contributed by atoms with E-state index in [0.29, 0.717) is 11.1 Å². The molecule has 4 N–H and O–H groups in total. The number of nitrogens with one attached hydrogen (secondary N) is 1. The van der Waals surface area contributed by atoms with Crippen LogP contribution in [0, 0.1) is 0 Å². The molecule has 2 rings (SSSR count). The molecule has 1 amide bonds. The van der Waals surface area contributed by atoms with Crippen molar-refractivity contribution in [2.24, 2.45) is 10.9 Å². The minimum Gasteiger partial charge on any atom is -0.463 e. The Balaban J connectivity index is 2.12. The topological polar surface area (TPSA) is 101 Å². The molecule has 0 fully saturated rings. The van der Waals surface area contributed by atoms with Crippen molar-refractivity contribution in [3.63, 3.8) is 0 Å². The zero-order valence-electron chi connectivity index (χ0n) is 10.5. The lowest BCUT2D eigenvalue weighted by molar-refractivity contribution is 0.0942. The molecule has 6 heteroatoms. The Bertz CT molecular complexity index is 618. The van der Waals surface area contributed by atoms with Crippen molar-refractivity contribution in [1.29, 1.82) is 0 Å². The number of nitrogens with zero attached hydrogens (tertiary/aromatic N) is 1. The van der Waals surface area contributed by atoms with Gasteiger partial charge in [0.05, 0.1) is 5.56 Å². The number of rotatable bonds is 4. The highest BCUT2D eigenvalue weighted by atomic mass is 16.4. The van der Waals surface area contributed by atoms with Crippen molar-refractivity contribution in [2.75, 3.05) is 0 Å². The van der Waals surface area contributed by atoms with E-state index in [-0.39, 0.29) is 24.2 Å². The smallest absolute Gasteiger partial charge is 0.255 e. The van der Waals surface area contributed by atoms with E-state index in [1.807, 2.05) is 18.2 Å². The Morgan fingerprint density at radius 1 is 1.53 bits per heavy atom. The Morgan fingerprint density at radius 3 is 3.00 bits per heavy atom. The van der Waals surface area contributed by atoms with Crippen LogP contribution in [0.2, 0.25) is 0 Å². The molecule has 0 radical (unpaired) electrons. The molecule has 0 aliphatic rings. The van der Waals surface area contributed by atoms with E-state index in [1.165, 1.54) is 6.26 Å². The minimum atomic E-state index is -0.247. The second kappa shape index (κ2) is 5.43. The number of benzene rings is 1. The van der Waals surface area contributed by atoms with Crippen LogP contribution in [0.25, 0.3) is 11.0 Å². The largest absolute Gasteiger partial charge is 0.463 e. The molecule has 1 aromatic heterocycles. The zero-order chi connectivity index (χ0) is 13.8. The van der Waals surface area contributed by atoms with Crippen LogP contribution in [0.5, 0.6) is 0 Å². The zero-order valence-corrected chi connectivity index (χ0v) is 10.5. The lowest BCUT2D eigenvalue weighted by atomic mass is 10.1. The second-order valence-corrected chi connectivity index (χ2v) is 4.32. The maximum Gasteiger partial charge on any atom is 0.255 e. The van der Waals surface area contributed by atoms with Gasteiger partial charge in [-0.15, -0.1) is 0 Å². The Kier molecular flexibility index (Phi) is 3.70. The minimum absolute atomic E-state index is 0.0739. The highest BCUT2D eigenvalue weighted by molar-refractivity contribution is 6.06. The number of hydrogen-bond acceptors (Lipinski definition) is 4. The number of nitrogens with two attached hydrogens (primary N) is 1. The first-order valence-electron chi connectivity index (χ1n) is 5.85. The third-order valence-corrected chi connectivity index (χ3v) is 2.75. The van der Waals surface area contributed by atoms with Crippen LogP contribution in [0.1, 0.15) is 23.7 Å². The summed E-state index contributed by atoms with van der Waals surface area (Å²) in [4.78, 5) is 12.1. The number of fused-ring (bicyclic) bond motifs is 1. The molecule has 1 aromatic carbocycles. The SMILES string of the molecule is CC(CC(N)=NO)NC(=O)c1coc2ccccc12. The molecule has 0 saturated carbocycles. The molecular formula is C13H15N3O3. The van der Waals surface area contributed by atoms with Crippen LogP contribution in [-0.2, 0) is 0 Å². The van der Waals surface area contributed by atoms with Gasteiger partial charge in [-0.3, -0.25) is 4.79 Å². The first-order valence-corrected chi connectivity index (χ1v) is 5.85. The molecule has 6 nitrogen and oxygen atoms in total. The predicted octanol–water partition coefficient (Wildman–Crippen LogP) is 1.69. The van der Waals surface area contributed by atoms with Crippen molar-refractivity contribution < 1.29 is 14.4 Å². The van der Waals surface area contributed by atoms with Crippen LogP contribution in [0.3, 0.4) is 0 Å². The third kappa shape index (κ3) is 2.85. The normalized spacial score (nSPS) is 13.4. The van der Waals surface area contributed by atoms with Gasteiger partial charge in [-0.1, -0.05) is 23.4 Å². The standard InChI is InChI=1S/C13H15N3O3/c1-8(6-12(14)16-18)15-13(17)10-7-19-11-5-3-2-4-9(10)11/h2-5,7-8,18H,6H2,1H3,(H2,14,16)(H,15,17). The summed E-state index contributed by atoms with van der Waals surface area (Å²) in [5, 5.41) is 14.9. The van der Waals surface area contributed by atoms with Gasteiger partial charge in [-0.25, -0.2) is 0 Å². The first kappa shape index (κ1) is 12.9. The fourth-order valence-electron chi connectivity index (χ4n) is 1.86. The number of oxime groups is 1. The predicted molar refractivity (Wildman–Crippen MR) is 71.2 cm³/mol. The van der Waals surface area contributed by atoms with Crippen molar-refractivity contribution in [3.05, 3.63) is 36.1 Å². The second-order valence-electron chi connectivity index (χ2n) is 4.32. The van der Waals surface area contributed by atoms with Gasteiger partial charge in [0.2, 0.25) is 0 Å². The molecule has 2 aromatic rings. The summed E-state index contributed by atoms with van der Waals surface area (Å²) in [5.41, 5.74) is 6.53. The van der Waals surface area contributed by atoms with Crippen LogP contribution < -0.4 is 11.1 Å². The number of furan rings is 1. The summed E-state index contributed by atoms with van der Waals surface area (Å²) in [7, 11) is 0. The average molecular weight is 261 g/mol. The summed E-state index contributed by atoms with van der Waals surface area (Å²) in [6.45, 7) is 1.78. The quantitative estimate of drug-likeness (QED) is 0.337. The van der Waals surface area contributed by atoms with Crippen LogP contribution in [-0.4, -0.2) is 23.0 Å². The molecule has 1 atom stereocenters. The summed E-state index contributed by atoms with van der Waals surface area (Å²) in [6, 6.07) is 7.06. The van der Waals surface area contributed by atoms with Crippen molar-refractivity contribution in [2.45, 2.75) is 19.4 Å². The van der Waals surface area contributed by atoms with Gasteiger partial charge in [-0.05, 0) is 13.0 Å². The van der Waals surface area contributed by atoms with Gasteiger partial charge in [0.1, 0.15) is 17.7 Å². The summed E-state index contributed by atoms with van der Waals surface area (Å²) < 4.78 is 5.30. The van der Waals surface area contributed by atoms with E-state index < -0.39 is 0 Å². The third-order valence-electron chi connectivity index (χ3n) is 2.75. The number of para-hydroxylation sites is 1. The van der Waals surface area contributed by atoms with E-state index >= 15 is 0 Å². The molecule has 0 saturated heterocycles. The lowest BCUT2D eigenvalue weighted by Crippen LogP contribution is -2.35. The average Bonchev–Trinajstić information content (AvgIpc) is 2.82. The number of carbonyl (C=O) groups is 1. The molecule has 0 aliphatic heterocycles.